The number of amides is 1. The number of rotatable bonds is 11. The average molecular weight is 553 g/mol. The largest absolute Gasteiger partial charge is 0.478 e. The molecule has 39 heavy (non-hydrogen) atoms. The van der Waals surface area contributed by atoms with Gasteiger partial charge in [0.05, 0.1) is 16.3 Å². The number of piperidine rings is 1. The third kappa shape index (κ3) is 6.90. The molecule has 1 unspecified atom stereocenters. The number of nitrogens with zero attached hydrogens (tertiary/aromatic N) is 4. The van der Waals surface area contributed by atoms with Crippen molar-refractivity contribution in [1.82, 2.24) is 19.7 Å². The van der Waals surface area contributed by atoms with Gasteiger partial charge in [-0.2, -0.15) is 0 Å². The predicted octanol–water partition coefficient (Wildman–Crippen LogP) is 2.98. The van der Waals surface area contributed by atoms with Gasteiger partial charge in [0.15, 0.2) is 0 Å². The lowest BCUT2D eigenvalue weighted by molar-refractivity contribution is -0.131. The number of carbonyl (C=O) groups is 2. The van der Waals surface area contributed by atoms with Gasteiger partial charge in [-0.3, -0.25) is 14.0 Å². The highest BCUT2D eigenvalue weighted by molar-refractivity contribution is 7.09. The second-order valence-corrected chi connectivity index (χ2v) is 11.0. The third-order valence-electron chi connectivity index (χ3n) is 6.85. The second kappa shape index (κ2) is 13.0. The number of carboxylic acids is 1. The van der Waals surface area contributed by atoms with Crippen molar-refractivity contribution in [3.8, 4) is 0 Å². The summed E-state index contributed by atoms with van der Waals surface area (Å²) in [6.07, 6.45) is 8.40. The molecule has 0 aromatic carbocycles. The standard InChI is InChI=1S/C28H36N6O4S/c1-18(2)21-17-39-24(31-21)9-7-19-11-15-34-23(16-19)32-26(20(28(34)38)8-10-25(35)36)33-14-4-3-6-22(33)27(37)30-13-5-12-29/h8,10-11,15-18,22H,3-7,9,12-14,29H2,1-2H3,(H,30,37)(H,35,36)/b10-8+. The van der Waals surface area contributed by atoms with E-state index >= 15 is 0 Å². The van der Waals surface area contributed by atoms with Crippen LogP contribution in [0.1, 0.15) is 67.3 Å². The quantitative estimate of drug-likeness (QED) is 0.243. The van der Waals surface area contributed by atoms with Gasteiger partial charge in [0.2, 0.25) is 5.91 Å². The van der Waals surface area contributed by atoms with Crippen LogP contribution in [0.2, 0.25) is 0 Å². The van der Waals surface area contributed by atoms with E-state index in [4.69, 9.17) is 15.7 Å². The lowest BCUT2D eigenvalue weighted by atomic mass is 10.0. The van der Waals surface area contributed by atoms with Crippen LogP contribution in [0.5, 0.6) is 0 Å². The number of aliphatic carboxylic acids is 1. The van der Waals surface area contributed by atoms with Crippen molar-refractivity contribution in [2.45, 2.75) is 64.3 Å². The normalized spacial score (nSPS) is 15.9. The second-order valence-electron chi connectivity index (χ2n) is 10.0. The van der Waals surface area contributed by atoms with Gasteiger partial charge in [-0.05, 0) is 68.3 Å². The Morgan fingerprint density at radius 3 is 2.82 bits per heavy atom. The molecule has 0 radical (unpaired) electrons. The van der Waals surface area contributed by atoms with E-state index in [9.17, 15) is 19.5 Å². The molecular formula is C28H36N6O4S. The van der Waals surface area contributed by atoms with Crippen molar-refractivity contribution < 1.29 is 14.7 Å². The number of thiazole rings is 1. The molecule has 0 spiro atoms. The number of carbonyl (C=O) groups excluding carboxylic acids is 1. The molecule has 0 bridgehead atoms. The molecular weight excluding hydrogens is 516 g/mol. The smallest absolute Gasteiger partial charge is 0.328 e. The molecule has 0 saturated carbocycles. The maximum absolute atomic E-state index is 13.6. The van der Waals surface area contributed by atoms with E-state index in [0.717, 1.165) is 48.0 Å². The molecule has 0 aliphatic carbocycles. The van der Waals surface area contributed by atoms with Crippen LogP contribution in [0, 0.1) is 0 Å². The first-order chi connectivity index (χ1) is 18.8. The molecule has 1 atom stereocenters. The van der Waals surface area contributed by atoms with E-state index in [2.05, 4.69) is 24.5 Å². The molecule has 4 rings (SSSR count). The lowest BCUT2D eigenvalue weighted by Gasteiger charge is -2.36. The van der Waals surface area contributed by atoms with E-state index in [-0.39, 0.29) is 17.0 Å². The molecule has 3 aromatic heterocycles. The maximum atomic E-state index is 13.6. The number of aryl methyl sites for hydroxylation is 2. The number of pyridine rings is 1. The number of hydrogen-bond acceptors (Lipinski definition) is 8. The van der Waals surface area contributed by atoms with Crippen molar-refractivity contribution in [3.05, 3.63) is 62.0 Å². The Labute approximate surface area is 231 Å². The number of anilines is 1. The van der Waals surface area contributed by atoms with Crippen LogP contribution >= 0.6 is 11.3 Å². The molecule has 1 amide bonds. The summed E-state index contributed by atoms with van der Waals surface area (Å²) in [4.78, 5) is 49.4. The summed E-state index contributed by atoms with van der Waals surface area (Å²) in [6.45, 7) is 5.73. The van der Waals surface area contributed by atoms with E-state index in [0.29, 0.717) is 49.9 Å². The first kappa shape index (κ1) is 28.4. The van der Waals surface area contributed by atoms with Crippen LogP contribution in [0.3, 0.4) is 0 Å². The zero-order valence-electron chi connectivity index (χ0n) is 22.4. The van der Waals surface area contributed by atoms with Crippen LogP contribution < -0.4 is 21.5 Å². The molecule has 4 heterocycles. The molecule has 208 valence electrons. The highest BCUT2D eigenvalue weighted by Gasteiger charge is 2.31. The Bertz CT molecular complexity index is 1410. The average Bonchev–Trinajstić information content (AvgIpc) is 3.41. The van der Waals surface area contributed by atoms with Gasteiger partial charge in [0, 0.05) is 37.2 Å². The number of aromatic nitrogens is 3. The maximum Gasteiger partial charge on any atom is 0.328 e. The highest BCUT2D eigenvalue weighted by Crippen LogP contribution is 2.27. The Balaban J connectivity index is 1.70. The molecule has 1 fully saturated rings. The Kier molecular flexibility index (Phi) is 9.47. The summed E-state index contributed by atoms with van der Waals surface area (Å²) >= 11 is 1.65. The summed E-state index contributed by atoms with van der Waals surface area (Å²) in [5.41, 5.74) is 7.90. The molecule has 1 saturated heterocycles. The summed E-state index contributed by atoms with van der Waals surface area (Å²) in [5.74, 6) is -0.597. The molecule has 3 aromatic rings. The monoisotopic (exact) mass is 552 g/mol. The molecule has 11 heteroatoms. The van der Waals surface area contributed by atoms with Gasteiger partial charge < -0.3 is 21.1 Å². The molecule has 4 N–H and O–H groups in total. The minimum absolute atomic E-state index is 0.142. The van der Waals surface area contributed by atoms with Gasteiger partial charge >= 0.3 is 5.97 Å². The number of nitrogens with two attached hydrogens (primary N) is 1. The van der Waals surface area contributed by atoms with Crippen molar-refractivity contribution in [1.29, 1.82) is 0 Å². The van der Waals surface area contributed by atoms with E-state index in [1.165, 1.54) is 10.5 Å². The summed E-state index contributed by atoms with van der Waals surface area (Å²) < 4.78 is 1.43. The third-order valence-corrected chi connectivity index (χ3v) is 7.78. The Morgan fingerprint density at radius 2 is 2.10 bits per heavy atom. The topological polar surface area (TPSA) is 143 Å². The fourth-order valence-electron chi connectivity index (χ4n) is 4.70. The van der Waals surface area contributed by atoms with Gasteiger partial charge in [0.25, 0.3) is 5.56 Å². The SMILES string of the molecule is CC(C)c1csc(CCc2ccn3c(=O)c(/C=C/C(=O)O)c(N4CCCCC4C(=O)NCCCN)nc3c2)n1. The van der Waals surface area contributed by atoms with Crippen molar-refractivity contribution in [3.63, 3.8) is 0 Å². The van der Waals surface area contributed by atoms with Gasteiger partial charge in [0.1, 0.15) is 17.5 Å². The van der Waals surface area contributed by atoms with Gasteiger partial charge in [-0.15, -0.1) is 11.3 Å². The van der Waals surface area contributed by atoms with Crippen molar-refractivity contribution >= 4 is 40.8 Å². The highest BCUT2D eigenvalue weighted by atomic mass is 32.1. The zero-order chi connectivity index (χ0) is 27.9. The predicted molar refractivity (Wildman–Crippen MR) is 153 cm³/mol. The van der Waals surface area contributed by atoms with Gasteiger partial charge in [-0.1, -0.05) is 13.8 Å². The van der Waals surface area contributed by atoms with Crippen molar-refractivity contribution in [2.75, 3.05) is 24.5 Å². The van der Waals surface area contributed by atoms with Crippen LogP contribution in [0.25, 0.3) is 11.7 Å². The summed E-state index contributed by atoms with van der Waals surface area (Å²) in [7, 11) is 0. The Morgan fingerprint density at radius 1 is 1.28 bits per heavy atom. The molecule has 10 nitrogen and oxygen atoms in total. The van der Waals surface area contributed by atoms with E-state index in [1.807, 2.05) is 17.0 Å². The lowest BCUT2D eigenvalue weighted by Crippen LogP contribution is -2.51. The fraction of sp³-hybridized carbons (Fsp3) is 0.464. The summed E-state index contributed by atoms with van der Waals surface area (Å²) in [5, 5.41) is 15.4. The zero-order valence-corrected chi connectivity index (χ0v) is 23.2. The minimum atomic E-state index is -1.17. The van der Waals surface area contributed by atoms with E-state index in [1.54, 1.807) is 17.5 Å². The van der Waals surface area contributed by atoms with Gasteiger partial charge in [-0.25, -0.2) is 14.8 Å². The Hall–Kier alpha value is -3.57. The van der Waals surface area contributed by atoms with Crippen LogP contribution in [-0.2, 0) is 22.4 Å². The first-order valence-electron chi connectivity index (χ1n) is 13.4. The number of carboxylic acid groups (broad SMARTS) is 1. The van der Waals surface area contributed by atoms with Crippen LogP contribution in [0.4, 0.5) is 5.82 Å². The minimum Gasteiger partial charge on any atom is -0.478 e. The summed E-state index contributed by atoms with van der Waals surface area (Å²) in [6, 6.07) is 3.25. The number of hydrogen-bond donors (Lipinski definition) is 3. The van der Waals surface area contributed by atoms with E-state index < -0.39 is 12.0 Å². The number of nitrogens with one attached hydrogen (secondary N) is 1. The fourth-order valence-corrected chi connectivity index (χ4v) is 5.66. The number of fused-ring (bicyclic) bond motifs is 1. The first-order valence-corrected chi connectivity index (χ1v) is 14.3. The molecule has 1 aliphatic rings. The van der Waals surface area contributed by atoms with Crippen LogP contribution in [0.15, 0.2) is 34.6 Å². The van der Waals surface area contributed by atoms with Crippen molar-refractivity contribution in [2.24, 2.45) is 5.73 Å². The van der Waals surface area contributed by atoms with Crippen LogP contribution in [-0.4, -0.2) is 57.0 Å². The molecule has 1 aliphatic heterocycles.